The van der Waals surface area contributed by atoms with Gasteiger partial charge in [-0.15, -0.1) is 0 Å². The lowest BCUT2D eigenvalue weighted by molar-refractivity contribution is -0.134. The summed E-state index contributed by atoms with van der Waals surface area (Å²) in [6.07, 6.45) is 7.63. The number of sulfonamides is 1. The SMILES string of the molecule is CCCCCCCc1ccc(C(=O)Nc2cccc(S(=O)(=O)Nc3cccc(C4CCC(=O)NC4=O)c3)c2)cc1. The molecule has 0 radical (unpaired) electrons. The lowest BCUT2D eigenvalue weighted by atomic mass is 9.90. The largest absolute Gasteiger partial charge is 0.322 e. The zero-order valence-corrected chi connectivity index (χ0v) is 23.4. The van der Waals surface area contributed by atoms with E-state index in [1.807, 2.05) is 12.1 Å². The molecule has 1 unspecified atom stereocenters. The fourth-order valence-electron chi connectivity index (χ4n) is 4.74. The first kappa shape index (κ1) is 29.0. The van der Waals surface area contributed by atoms with Gasteiger partial charge in [0.25, 0.3) is 15.9 Å². The number of anilines is 2. The monoisotopic (exact) mass is 561 g/mol. The fraction of sp³-hybridized carbons (Fsp3) is 0.323. The lowest BCUT2D eigenvalue weighted by Crippen LogP contribution is -2.39. The minimum atomic E-state index is -3.98. The summed E-state index contributed by atoms with van der Waals surface area (Å²) in [7, 11) is -3.98. The Balaban J connectivity index is 1.39. The van der Waals surface area contributed by atoms with Crippen LogP contribution in [0, 0.1) is 0 Å². The molecule has 1 aliphatic heterocycles. The van der Waals surface area contributed by atoms with Gasteiger partial charge >= 0.3 is 0 Å². The van der Waals surface area contributed by atoms with E-state index in [0.29, 0.717) is 28.9 Å². The fourth-order valence-corrected chi connectivity index (χ4v) is 5.84. The summed E-state index contributed by atoms with van der Waals surface area (Å²) in [5.41, 5.74) is 2.95. The molecular formula is C31H35N3O5S. The first-order chi connectivity index (χ1) is 19.2. The van der Waals surface area contributed by atoms with Crippen LogP contribution in [0.5, 0.6) is 0 Å². The number of aryl methyl sites for hydroxylation is 1. The first-order valence-electron chi connectivity index (χ1n) is 13.7. The summed E-state index contributed by atoms with van der Waals surface area (Å²) < 4.78 is 28.8. The van der Waals surface area contributed by atoms with Crippen LogP contribution in [-0.2, 0) is 26.0 Å². The molecule has 0 bridgehead atoms. The Hall–Kier alpha value is -3.98. The third kappa shape index (κ3) is 7.79. The zero-order valence-electron chi connectivity index (χ0n) is 22.6. The highest BCUT2D eigenvalue weighted by atomic mass is 32.2. The van der Waals surface area contributed by atoms with Gasteiger partial charge in [0, 0.05) is 23.4 Å². The molecule has 3 aromatic carbocycles. The van der Waals surface area contributed by atoms with Crippen LogP contribution in [-0.4, -0.2) is 26.1 Å². The Kier molecular flexibility index (Phi) is 9.71. The van der Waals surface area contributed by atoms with Gasteiger partial charge < -0.3 is 5.32 Å². The second-order valence-corrected chi connectivity index (χ2v) is 11.8. The third-order valence-corrected chi connectivity index (χ3v) is 8.35. The first-order valence-corrected chi connectivity index (χ1v) is 15.2. The molecule has 40 heavy (non-hydrogen) atoms. The third-order valence-electron chi connectivity index (χ3n) is 6.97. The standard InChI is InChI=1S/C31H35N3O5S/c1-2-3-4-5-6-9-22-14-16-23(17-15-22)30(36)32-25-11-8-13-27(21-25)40(38,39)34-26-12-7-10-24(20-26)28-18-19-29(35)33-31(28)37/h7-8,10-17,20-21,28,34H,2-6,9,18-19H2,1H3,(H,32,36)(H,33,35,37). The summed E-state index contributed by atoms with van der Waals surface area (Å²) in [6.45, 7) is 2.20. The molecule has 1 fully saturated rings. The van der Waals surface area contributed by atoms with Gasteiger partial charge in [-0.25, -0.2) is 8.42 Å². The van der Waals surface area contributed by atoms with Gasteiger partial charge in [-0.2, -0.15) is 0 Å². The summed E-state index contributed by atoms with van der Waals surface area (Å²) >= 11 is 0. The van der Waals surface area contributed by atoms with E-state index < -0.39 is 21.8 Å². The van der Waals surface area contributed by atoms with Crippen molar-refractivity contribution in [2.45, 2.75) is 69.1 Å². The van der Waals surface area contributed by atoms with E-state index in [2.05, 4.69) is 22.3 Å². The van der Waals surface area contributed by atoms with Crippen molar-refractivity contribution in [3.05, 3.63) is 89.5 Å². The van der Waals surface area contributed by atoms with Crippen molar-refractivity contribution in [1.29, 1.82) is 0 Å². The smallest absolute Gasteiger partial charge is 0.261 e. The van der Waals surface area contributed by atoms with Crippen LogP contribution in [0.15, 0.2) is 77.7 Å². The number of amides is 3. The maximum atomic E-state index is 13.1. The van der Waals surface area contributed by atoms with Gasteiger partial charge in [-0.05, 0) is 72.9 Å². The molecule has 1 heterocycles. The molecule has 3 N–H and O–H groups in total. The van der Waals surface area contributed by atoms with Crippen LogP contribution in [0.25, 0.3) is 0 Å². The molecule has 0 aliphatic carbocycles. The predicted molar refractivity (Wildman–Crippen MR) is 156 cm³/mol. The number of hydrogen-bond acceptors (Lipinski definition) is 5. The van der Waals surface area contributed by atoms with Crippen LogP contribution < -0.4 is 15.4 Å². The van der Waals surface area contributed by atoms with Crippen molar-refractivity contribution in [2.75, 3.05) is 10.0 Å². The summed E-state index contributed by atoms with van der Waals surface area (Å²) in [6, 6.07) is 20.1. The molecule has 3 amide bonds. The minimum Gasteiger partial charge on any atom is -0.322 e. The Morgan fingerprint density at radius 3 is 2.38 bits per heavy atom. The van der Waals surface area contributed by atoms with Crippen molar-refractivity contribution < 1.29 is 22.8 Å². The highest BCUT2D eigenvalue weighted by Crippen LogP contribution is 2.28. The normalized spacial score (nSPS) is 15.4. The second kappa shape index (κ2) is 13.4. The van der Waals surface area contributed by atoms with Crippen molar-refractivity contribution >= 4 is 39.1 Å². The number of rotatable bonds is 12. The molecule has 210 valence electrons. The molecular weight excluding hydrogens is 526 g/mol. The molecule has 1 saturated heterocycles. The molecule has 0 spiro atoms. The van der Waals surface area contributed by atoms with Crippen molar-refractivity contribution in [3.8, 4) is 0 Å². The van der Waals surface area contributed by atoms with Crippen molar-refractivity contribution in [2.24, 2.45) is 0 Å². The second-order valence-electron chi connectivity index (χ2n) is 10.1. The number of imide groups is 1. The Morgan fingerprint density at radius 2 is 1.62 bits per heavy atom. The Morgan fingerprint density at radius 1 is 0.900 bits per heavy atom. The minimum absolute atomic E-state index is 0.0184. The van der Waals surface area contributed by atoms with E-state index in [1.165, 1.54) is 43.4 Å². The van der Waals surface area contributed by atoms with E-state index in [1.54, 1.807) is 48.5 Å². The van der Waals surface area contributed by atoms with Crippen LogP contribution in [0.4, 0.5) is 11.4 Å². The van der Waals surface area contributed by atoms with Crippen LogP contribution in [0.2, 0.25) is 0 Å². The molecule has 8 nitrogen and oxygen atoms in total. The van der Waals surface area contributed by atoms with E-state index >= 15 is 0 Å². The number of carbonyl (C=O) groups excluding carboxylic acids is 3. The van der Waals surface area contributed by atoms with E-state index in [-0.39, 0.29) is 23.1 Å². The molecule has 9 heteroatoms. The molecule has 1 aliphatic rings. The summed E-state index contributed by atoms with van der Waals surface area (Å²) in [4.78, 5) is 36.5. The van der Waals surface area contributed by atoms with Gasteiger partial charge in [0.2, 0.25) is 11.8 Å². The summed E-state index contributed by atoms with van der Waals surface area (Å²) in [5, 5.41) is 5.10. The number of piperidine rings is 1. The van der Waals surface area contributed by atoms with Gasteiger partial charge in [-0.1, -0.05) is 62.9 Å². The number of nitrogens with one attached hydrogen (secondary N) is 3. The van der Waals surface area contributed by atoms with Crippen LogP contribution in [0.1, 0.15) is 79.3 Å². The van der Waals surface area contributed by atoms with Gasteiger partial charge in [0.05, 0.1) is 10.8 Å². The average Bonchev–Trinajstić information content (AvgIpc) is 2.93. The quantitative estimate of drug-likeness (QED) is 0.191. The van der Waals surface area contributed by atoms with Crippen molar-refractivity contribution in [1.82, 2.24) is 5.32 Å². The molecule has 1 atom stereocenters. The topological polar surface area (TPSA) is 121 Å². The molecule has 0 aromatic heterocycles. The Bertz CT molecular complexity index is 1470. The highest BCUT2D eigenvalue weighted by molar-refractivity contribution is 7.92. The van der Waals surface area contributed by atoms with Gasteiger partial charge in [0.1, 0.15) is 0 Å². The molecule has 3 aromatic rings. The van der Waals surface area contributed by atoms with Crippen molar-refractivity contribution in [3.63, 3.8) is 0 Å². The Labute approximate surface area is 235 Å². The molecule has 4 rings (SSSR count). The van der Waals surface area contributed by atoms with E-state index in [4.69, 9.17) is 0 Å². The van der Waals surface area contributed by atoms with E-state index in [0.717, 1.165) is 12.8 Å². The van der Waals surface area contributed by atoms with Crippen LogP contribution >= 0.6 is 0 Å². The van der Waals surface area contributed by atoms with Gasteiger partial charge in [0.15, 0.2) is 0 Å². The summed E-state index contributed by atoms with van der Waals surface area (Å²) in [5.74, 6) is -1.55. The number of benzene rings is 3. The van der Waals surface area contributed by atoms with E-state index in [9.17, 15) is 22.8 Å². The maximum Gasteiger partial charge on any atom is 0.261 e. The number of carbonyl (C=O) groups is 3. The number of unbranched alkanes of at least 4 members (excludes halogenated alkanes) is 4. The predicted octanol–water partition coefficient (Wildman–Crippen LogP) is 5.77. The van der Waals surface area contributed by atoms with Crippen LogP contribution in [0.3, 0.4) is 0 Å². The highest BCUT2D eigenvalue weighted by Gasteiger charge is 2.28. The number of hydrogen-bond donors (Lipinski definition) is 3. The zero-order chi connectivity index (χ0) is 28.5. The average molecular weight is 562 g/mol. The maximum absolute atomic E-state index is 13.1. The molecule has 0 saturated carbocycles. The lowest BCUT2D eigenvalue weighted by Gasteiger charge is -2.21. The van der Waals surface area contributed by atoms with Gasteiger partial charge in [-0.3, -0.25) is 24.4 Å².